The van der Waals surface area contributed by atoms with E-state index in [2.05, 4.69) is 4.74 Å². The normalized spacial score (nSPS) is 10.1. The van der Waals surface area contributed by atoms with E-state index in [0.29, 0.717) is 0 Å². The molecule has 0 radical (unpaired) electrons. The Morgan fingerprint density at radius 1 is 1.33 bits per heavy atom. The number of rotatable bonds is 4. The standard InChI is InChI=1S/C10H10F2O3/c1-6(13)7-3-8(11)9(12)4-10(7)15-5-14-2/h3-4H,5H2,1-2H3. The van der Waals surface area contributed by atoms with E-state index in [1.807, 2.05) is 0 Å². The molecule has 0 saturated carbocycles. The minimum atomic E-state index is -1.08. The molecule has 1 aromatic carbocycles. The number of halogens is 2. The van der Waals surface area contributed by atoms with E-state index >= 15 is 0 Å². The number of carbonyl (C=O) groups excluding carboxylic acids is 1. The van der Waals surface area contributed by atoms with Crippen molar-refractivity contribution >= 4 is 5.78 Å². The Balaban J connectivity index is 3.10. The van der Waals surface area contributed by atoms with Crippen LogP contribution in [0.25, 0.3) is 0 Å². The van der Waals surface area contributed by atoms with Crippen LogP contribution in [0.15, 0.2) is 12.1 Å². The fourth-order valence-corrected chi connectivity index (χ4v) is 1.05. The summed E-state index contributed by atoms with van der Waals surface area (Å²) < 4.78 is 35.2. The first-order valence-corrected chi connectivity index (χ1v) is 4.18. The van der Waals surface area contributed by atoms with E-state index in [-0.39, 0.29) is 18.1 Å². The number of ether oxygens (including phenoxy) is 2. The summed E-state index contributed by atoms with van der Waals surface area (Å²) >= 11 is 0. The molecular formula is C10H10F2O3. The molecule has 0 N–H and O–H groups in total. The fraction of sp³-hybridized carbons (Fsp3) is 0.300. The highest BCUT2D eigenvalue weighted by molar-refractivity contribution is 5.96. The number of carbonyl (C=O) groups is 1. The van der Waals surface area contributed by atoms with Crippen molar-refractivity contribution in [3.63, 3.8) is 0 Å². The lowest BCUT2D eigenvalue weighted by Gasteiger charge is -2.09. The summed E-state index contributed by atoms with van der Waals surface area (Å²) in [5.74, 6) is -2.57. The maximum atomic E-state index is 12.8. The number of Topliss-reactive ketones (excluding diaryl/α,β-unsaturated/α-hetero) is 1. The average Bonchev–Trinajstić information content (AvgIpc) is 2.19. The molecule has 0 aliphatic rings. The van der Waals surface area contributed by atoms with E-state index in [0.717, 1.165) is 12.1 Å². The first kappa shape index (κ1) is 11.6. The van der Waals surface area contributed by atoms with E-state index in [1.54, 1.807) is 0 Å². The van der Waals surface area contributed by atoms with Crippen LogP contribution >= 0.6 is 0 Å². The van der Waals surface area contributed by atoms with Crippen LogP contribution in [-0.2, 0) is 4.74 Å². The molecule has 1 rings (SSSR count). The van der Waals surface area contributed by atoms with Gasteiger partial charge in [-0.2, -0.15) is 0 Å². The Kier molecular flexibility index (Phi) is 3.74. The molecule has 0 heterocycles. The van der Waals surface area contributed by atoms with Gasteiger partial charge in [0.2, 0.25) is 0 Å². The summed E-state index contributed by atoms with van der Waals surface area (Å²) in [4.78, 5) is 11.1. The lowest BCUT2D eigenvalue weighted by atomic mass is 10.1. The second-order valence-corrected chi connectivity index (χ2v) is 2.87. The van der Waals surface area contributed by atoms with Gasteiger partial charge in [0.15, 0.2) is 24.2 Å². The van der Waals surface area contributed by atoms with Gasteiger partial charge in [0.05, 0.1) is 5.56 Å². The summed E-state index contributed by atoms with van der Waals surface area (Å²) in [5.41, 5.74) is -0.00838. The van der Waals surface area contributed by atoms with Gasteiger partial charge >= 0.3 is 0 Å². The lowest BCUT2D eigenvalue weighted by molar-refractivity contribution is 0.0499. The molecule has 0 aliphatic carbocycles. The van der Waals surface area contributed by atoms with Crippen LogP contribution in [0, 0.1) is 11.6 Å². The monoisotopic (exact) mass is 216 g/mol. The number of methoxy groups -OCH3 is 1. The topological polar surface area (TPSA) is 35.5 Å². The maximum Gasteiger partial charge on any atom is 0.188 e. The average molecular weight is 216 g/mol. The van der Waals surface area contributed by atoms with Crippen LogP contribution in [0.2, 0.25) is 0 Å². The van der Waals surface area contributed by atoms with Crippen LogP contribution < -0.4 is 4.74 Å². The first-order valence-electron chi connectivity index (χ1n) is 4.18. The lowest BCUT2D eigenvalue weighted by Crippen LogP contribution is -2.05. The third kappa shape index (κ3) is 2.73. The second kappa shape index (κ2) is 4.84. The molecule has 0 spiro atoms. The Hall–Kier alpha value is -1.49. The summed E-state index contributed by atoms with van der Waals surface area (Å²) in [6.07, 6.45) is 0. The second-order valence-electron chi connectivity index (χ2n) is 2.87. The van der Waals surface area contributed by atoms with Gasteiger partial charge in [0.1, 0.15) is 5.75 Å². The largest absolute Gasteiger partial charge is 0.467 e. The number of ketones is 1. The van der Waals surface area contributed by atoms with Crippen molar-refractivity contribution in [3.05, 3.63) is 29.3 Å². The highest BCUT2D eigenvalue weighted by Crippen LogP contribution is 2.22. The molecule has 0 aliphatic heterocycles. The van der Waals surface area contributed by atoms with Gasteiger partial charge < -0.3 is 9.47 Å². The van der Waals surface area contributed by atoms with Crippen LogP contribution in [0.1, 0.15) is 17.3 Å². The first-order chi connectivity index (χ1) is 7.06. The highest BCUT2D eigenvalue weighted by Gasteiger charge is 2.14. The Morgan fingerprint density at radius 3 is 2.47 bits per heavy atom. The summed E-state index contributed by atoms with van der Waals surface area (Å²) in [6, 6.07) is 1.63. The van der Waals surface area contributed by atoms with Crippen LogP contribution in [0.5, 0.6) is 5.75 Å². The van der Waals surface area contributed by atoms with Crippen LogP contribution in [0.3, 0.4) is 0 Å². The van der Waals surface area contributed by atoms with Gasteiger partial charge in [-0.3, -0.25) is 4.79 Å². The number of hydrogen-bond donors (Lipinski definition) is 0. The maximum absolute atomic E-state index is 12.8. The Labute approximate surface area is 85.6 Å². The van der Waals surface area contributed by atoms with Crippen molar-refractivity contribution < 1.29 is 23.0 Å². The van der Waals surface area contributed by atoms with Crippen molar-refractivity contribution in [3.8, 4) is 5.75 Å². The minimum absolute atomic E-state index is 0.00838. The van der Waals surface area contributed by atoms with Crippen molar-refractivity contribution in [1.29, 1.82) is 0 Å². The summed E-state index contributed by atoms with van der Waals surface area (Å²) in [5, 5.41) is 0. The molecular weight excluding hydrogens is 206 g/mol. The number of benzene rings is 1. The third-order valence-electron chi connectivity index (χ3n) is 1.73. The van der Waals surface area contributed by atoms with Crippen LogP contribution in [-0.4, -0.2) is 19.7 Å². The molecule has 0 atom stereocenters. The Bertz CT molecular complexity index is 377. The fourth-order valence-electron chi connectivity index (χ4n) is 1.05. The van der Waals surface area contributed by atoms with E-state index in [9.17, 15) is 13.6 Å². The van der Waals surface area contributed by atoms with E-state index in [4.69, 9.17) is 4.74 Å². The highest BCUT2D eigenvalue weighted by atomic mass is 19.2. The van der Waals surface area contributed by atoms with Gasteiger partial charge in [-0.25, -0.2) is 8.78 Å². The zero-order valence-corrected chi connectivity index (χ0v) is 8.34. The van der Waals surface area contributed by atoms with Gasteiger partial charge in [-0.1, -0.05) is 0 Å². The van der Waals surface area contributed by atoms with Crippen molar-refractivity contribution in [2.75, 3.05) is 13.9 Å². The summed E-state index contributed by atoms with van der Waals surface area (Å²) in [6.45, 7) is 1.11. The SMILES string of the molecule is COCOc1cc(F)c(F)cc1C(C)=O. The quantitative estimate of drug-likeness (QED) is 0.571. The van der Waals surface area contributed by atoms with Gasteiger partial charge in [0.25, 0.3) is 0 Å². The minimum Gasteiger partial charge on any atom is -0.467 e. The van der Waals surface area contributed by atoms with Crippen molar-refractivity contribution in [2.24, 2.45) is 0 Å². The molecule has 3 nitrogen and oxygen atoms in total. The molecule has 15 heavy (non-hydrogen) atoms. The predicted octanol–water partition coefficient (Wildman–Crippen LogP) is 2.15. The molecule has 0 aromatic heterocycles. The van der Waals surface area contributed by atoms with E-state index in [1.165, 1.54) is 14.0 Å². The summed E-state index contributed by atoms with van der Waals surface area (Å²) in [7, 11) is 1.38. The molecule has 0 unspecified atom stereocenters. The predicted molar refractivity (Wildman–Crippen MR) is 48.9 cm³/mol. The Morgan fingerprint density at radius 2 is 1.93 bits per heavy atom. The van der Waals surface area contributed by atoms with Gasteiger partial charge in [0, 0.05) is 13.2 Å². The molecule has 0 fully saturated rings. The van der Waals surface area contributed by atoms with Gasteiger partial charge in [-0.05, 0) is 13.0 Å². The smallest absolute Gasteiger partial charge is 0.188 e. The van der Waals surface area contributed by atoms with Crippen molar-refractivity contribution in [2.45, 2.75) is 6.92 Å². The molecule has 0 amide bonds. The zero-order chi connectivity index (χ0) is 11.4. The molecule has 0 saturated heterocycles. The van der Waals surface area contributed by atoms with Gasteiger partial charge in [-0.15, -0.1) is 0 Å². The van der Waals surface area contributed by atoms with Crippen LogP contribution in [0.4, 0.5) is 8.78 Å². The van der Waals surface area contributed by atoms with Crippen molar-refractivity contribution in [1.82, 2.24) is 0 Å². The third-order valence-corrected chi connectivity index (χ3v) is 1.73. The molecule has 0 bridgehead atoms. The zero-order valence-electron chi connectivity index (χ0n) is 8.34. The molecule has 1 aromatic rings. The van der Waals surface area contributed by atoms with E-state index < -0.39 is 17.4 Å². The number of hydrogen-bond acceptors (Lipinski definition) is 3. The molecule has 82 valence electrons. The molecule has 5 heteroatoms.